The summed E-state index contributed by atoms with van der Waals surface area (Å²) in [5.41, 5.74) is 0.168. The lowest BCUT2D eigenvalue weighted by Gasteiger charge is -2.27. The Labute approximate surface area is 104 Å². The SMILES string of the molecule is CCN(C(=O)c1ccnc(F)c1)C(C)CC(=O)O. The van der Waals surface area contributed by atoms with Gasteiger partial charge in [0.05, 0.1) is 6.42 Å². The normalized spacial score (nSPS) is 11.9. The molecule has 1 aromatic rings. The first kappa shape index (κ1) is 14.1. The van der Waals surface area contributed by atoms with Gasteiger partial charge >= 0.3 is 5.97 Å². The molecule has 1 atom stereocenters. The minimum Gasteiger partial charge on any atom is -0.481 e. The van der Waals surface area contributed by atoms with E-state index < -0.39 is 23.9 Å². The van der Waals surface area contributed by atoms with Crippen LogP contribution in [0, 0.1) is 5.95 Å². The molecule has 0 radical (unpaired) electrons. The van der Waals surface area contributed by atoms with Gasteiger partial charge in [0.2, 0.25) is 5.95 Å². The third kappa shape index (κ3) is 3.51. The molecule has 0 fully saturated rings. The fraction of sp³-hybridized carbons (Fsp3) is 0.417. The van der Waals surface area contributed by atoms with Crippen LogP contribution in [0.1, 0.15) is 30.6 Å². The van der Waals surface area contributed by atoms with Crippen LogP contribution < -0.4 is 0 Å². The van der Waals surface area contributed by atoms with Crippen LogP contribution in [0.4, 0.5) is 4.39 Å². The van der Waals surface area contributed by atoms with Crippen molar-refractivity contribution in [3.8, 4) is 0 Å². The van der Waals surface area contributed by atoms with Gasteiger partial charge in [-0.2, -0.15) is 4.39 Å². The molecule has 1 heterocycles. The Hall–Kier alpha value is -1.98. The molecule has 5 nitrogen and oxygen atoms in total. The van der Waals surface area contributed by atoms with E-state index in [1.807, 2.05) is 0 Å². The van der Waals surface area contributed by atoms with Crippen molar-refractivity contribution in [1.82, 2.24) is 9.88 Å². The van der Waals surface area contributed by atoms with Crippen LogP contribution in [0.2, 0.25) is 0 Å². The van der Waals surface area contributed by atoms with E-state index in [0.717, 1.165) is 6.07 Å². The van der Waals surface area contributed by atoms with E-state index in [0.29, 0.717) is 6.54 Å². The van der Waals surface area contributed by atoms with Crippen molar-refractivity contribution in [3.63, 3.8) is 0 Å². The Morgan fingerprint density at radius 1 is 1.56 bits per heavy atom. The molecule has 18 heavy (non-hydrogen) atoms. The molecular formula is C12H15FN2O3. The van der Waals surface area contributed by atoms with Crippen LogP contribution in [0.25, 0.3) is 0 Å². The largest absolute Gasteiger partial charge is 0.481 e. The number of carbonyl (C=O) groups excluding carboxylic acids is 1. The van der Waals surface area contributed by atoms with Gasteiger partial charge in [0.1, 0.15) is 0 Å². The van der Waals surface area contributed by atoms with E-state index in [9.17, 15) is 14.0 Å². The molecule has 0 saturated carbocycles. The average Bonchev–Trinajstić information content (AvgIpc) is 2.28. The molecule has 6 heteroatoms. The summed E-state index contributed by atoms with van der Waals surface area (Å²) in [5.74, 6) is -2.11. The number of carboxylic acids is 1. The highest BCUT2D eigenvalue weighted by Crippen LogP contribution is 2.11. The number of hydrogen-bond acceptors (Lipinski definition) is 3. The Kier molecular flexibility index (Phi) is 4.76. The van der Waals surface area contributed by atoms with Gasteiger partial charge in [0, 0.05) is 30.4 Å². The van der Waals surface area contributed by atoms with Crippen LogP contribution in [-0.2, 0) is 4.79 Å². The van der Waals surface area contributed by atoms with Crippen LogP contribution in [0.3, 0.4) is 0 Å². The van der Waals surface area contributed by atoms with E-state index in [1.54, 1.807) is 13.8 Å². The second kappa shape index (κ2) is 6.09. The smallest absolute Gasteiger partial charge is 0.305 e. The van der Waals surface area contributed by atoms with Gasteiger partial charge in [-0.15, -0.1) is 0 Å². The van der Waals surface area contributed by atoms with Crippen molar-refractivity contribution in [3.05, 3.63) is 29.8 Å². The van der Waals surface area contributed by atoms with Gasteiger partial charge in [-0.25, -0.2) is 4.98 Å². The lowest BCUT2D eigenvalue weighted by molar-refractivity contribution is -0.138. The van der Waals surface area contributed by atoms with E-state index >= 15 is 0 Å². The fourth-order valence-electron chi connectivity index (χ4n) is 1.72. The summed E-state index contributed by atoms with van der Waals surface area (Å²) in [5, 5.41) is 8.72. The molecule has 0 aliphatic rings. The molecule has 98 valence electrons. The molecule has 0 aliphatic carbocycles. The third-order valence-corrected chi connectivity index (χ3v) is 2.58. The van der Waals surface area contributed by atoms with Crippen LogP contribution in [-0.4, -0.2) is 39.5 Å². The van der Waals surface area contributed by atoms with Gasteiger partial charge in [-0.3, -0.25) is 9.59 Å². The van der Waals surface area contributed by atoms with Gasteiger partial charge in [-0.05, 0) is 19.9 Å². The number of amides is 1. The molecular weight excluding hydrogens is 239 g/mol. The number of nitrogens with zero attached hydrogens (tertiary/aromatic N) is 2. The monoisotopic (exact) mass is 254 g/mol. The number of pyridine rings is 1. The van der Waals surface area contributed by atoms with E-state index in [4.69, 9.17) is 5.11 Å². The average molecular weight is 254 g/mol. The van der Waals surface area contributed by atoms with Crippen LogP contribution in [0.15, 0.2) is 18.3 Å². The summed E-state index contributed by atoms with van der Waals surface area (Å²) in [6.07, 6.45) is 1.06. The maximum Gasteiger partial charge on any atom is 0.305 e. The number of carboxylic acid groups (broad SMARTS) is 1. The summed E-state index contributed by atoms with van der Waals surface area (Å²) in [7, 11) is 0. The Bertz CT molecular complexity index is 451. The first-order valence-electron chi connectivity index (χ1n) is 5.60. The van der Waals surface area contributed by atoms with E-state index in [-0.39, 0.29) is 12.0 Å². The lowest BCUT2D eigenvalue weighted by atomic mass is 10.1. The molecule has 1 amide bonds. The molecule has 0 spiro atoms. The van der Waals surface area contributed by atoms with Gasteiger partial charge < -0.3 is 10.0 Å². The Morgan fingerprint density at radius 2 is 2.22 bits per heavy atom. The second-order valence-corrected chi connectivity index (χ2v) is 3.91. The van der Waals surface area contributed by atoms with Crippen molar-refractivity contribution >= 4 is 11.9 Å². The zero-order chi connectivity index (χ0) is 13.7. The lowest BCUT2D eigenvalue weighted by Crippen LogP contribution is -2.39. The highest BCUT2D eigenvalue weighted by molar-refractivity contribution is 5.94. The molecule has 0 bridgehead atoms. The standard InChI is InChI=1S/C12H15FN2O3/c1-3-15(8(2)6-11(16)17)12(18)9-4-5-14-10(13)7-9/h4-5,7-8H,3,6H2,1-2H3,(H,16,17). The Balaban J connectivity index is 2.88. The summed E-state index contributed by atoms with van der Waals surface area (Å²) in [4.78, 5) is 27.5. The van der Waals surface area contributed by atoms with Crippen molar-refractivity contribution in [1.29, 1.82) is 0 Å². The highest BCUT2D eigenvalue weighted by atomic mass is 19.1. The van der Waals surface area contributed by atoms with Crippen LogP contribution in [0.5, 0.6) is 0 Å². The number of aliphatic carboxylic acids is 1. The van der Waals surface area contributed by atoms with Crippen molar-refractivity contribution in [2.75, 3.05) is 6.54 Å². The predicted octanol–water partition coefficient (Wildman–Crippen LogP) is 1.55. The minimum absolute atomic E-state index is 0.146. The molecule has 1 N–H and O–H groups in total. The van der Waals surface area contributed by atoms with Crippen LogP contribution >= 0.6 is 0 Å². The maximum absolute atomic E-state index is 12.9. The van der Waals surface area contributed by atoms with Crippen molar-refractivity contribution in [2.45, 2.75) is 26.3 Å². The first-order chi connectivity index (χ1) is 8.45. The molecule has 0 saturated heterocycles. The number of aromatic nitrogens is 1. The zero-order valence-electron chi connectivity index (χ0n) is 10.3. The molecule has 0 aliphatic heterocycles. The fourth-order valence-corrected chi connectivity index (χ4v) is 1.72. The second-order valence-electron chi connectivity index (χ2n) is 3.91. The quantitative estimate of drug-likeness (QED) is 0.809. The predicted molar refractivity (Wildman–Crippen MR) is 62.6 cm³/mol. The molecule has 1 aromatic heterocycles. The van der Waals surface area contributed by atoms with Gasteiger partial charge in [0.25, 0.3) is 5.91 Å². The van der Waals surface area contributed by atoms with E-state index in [2.05, 4.69) is 4.98 Å². The molecule has 1 unspecified atom stereocenters. The Morgan fingerprint density at radius 3 is 2.72 bits per heavy atom. The summed E-state index contributed by atoms with van der Waals surface area (Å²) in [6, 6.07) is 2.00. The maximum atomic E-state index is 12.9. The number of hydrogen-bond donors (Lipinski definition) is 1. The number of carbonyl (C=O) groups is 2. The topological polar surface area (TPSA) is 70.5 Å². The van der Waals surface area contributed by atoms with Gasteiger partial charge in [-0.1, -0.05) is 0 Å². The number of halogens is 1. The molecule has 0 aromatic carbocycles. The van der Waals surface area contributed by atoms with Gasteiger partial charge in [0.15, 0.2) is 0 Å². The highest BCUT2D eigenvalue weighted by Gasteiger charge is 2.22. The van der Waals surface area contributed by atoms with E-state index in [1.165, 1.54) is 17.2 Å². The minimum atomic E-state index is -0.977. The number of rotatable bonds is 5. The summed E-state index contributed by atoms with van der Waals surface area (Å²) < 4.78 is 12.9. The summed E-state index contributed by atoms with van der Waals surface area (Å²) >= 11 is 0. The zero-order valence-corrected chi connectivity index (χ0v) is 10.3. The first-order valence-corrected chi connectivity index (χ1v) is 5.60. The summed E-state index contributed by atoms with van der Waals surface area (Å²) in [6.45, 7) is 3.75. The van der Waals surface area contributed by atoms with Crippen molar-refractivity contribution < 1.29 is 19.1 Å². The third-order valence-electron chi connectivity index (χ3n) is 2.58. The van der Waals surface area contributed by atoms with Crippen molar-refractivity contribution in [2.24, 2.45) is 0 Å². The molecule has 1 rings (SSSR count).